The summed E-state index contributed by atoms with van der Waals surface area (Å²) in [6, 6.07) is 7.89. The van der Waals surface area contributed by atoms with E-state index in [1.54, 1.807) is 6.33 Å². The Balaban J connectivity index is 2.00. The number of aromatic amines is 1. The predicted molar refractivity (Wildman–Crippen MR) is 83.3 cm³/mol. The molecule has 2 aromatic heterocycles. The fraction of sp³-hybridized carbons (Fsp3) is 0.154. The van der Waals surface area contributed by atoms with Gasteiger partial charge in [-0.3, -0.25) is 0 Å². The topological polar surface area (TPSA) is 78.5 Å². The number of hydrogen-bond donors (Lipinski definition) is 3. The van der Waals surface area contributed by atoms with Crippen LogP contribution in [0.4, 0.5) is 17.5 Å². The molecule has 0 aliphatic heterocycles. The van der Waals surface area contributed by atoms with Crippen molar-refractivity contribution in [3.63, 3.8) is 0 Å². The fourth-order valence-electron chi connectivity index (χ4n) is 1.83. The Kier molecular flexibility index (Phi) is 3.51. The lowest BCUT2D eigenvalue weighted by Crippen LogP contribution is -2.05. The van der Waals surface area contributed by atoms with Gasteiger partial charge in [0.15, 0.2) is 11.5 Å². The number of fused-ring (bicyclic) bond motifs is 1. The molecule has 0 saturated heterocycles. The second-order valence-corrected chi connectivity index (χ2v) is 5.07. The zero-order chi connectivity index (χ0) is 13.9. The summed E-state index contributed by atoms with van der Waals surface area (Å²) in [5.41, 5.74) is 2.37. The number of benzene rings is 1. The average molecular weight is 333 g/mol. The lowest BCUT2D eigenvalue weighted by Gasteiger charge is -2.08. The average Bonchev–Trinajstić information content (AvgIpc) is 2.90. The normalized spacial score (nSPS) is 10.7. The number of aromatic nitrogens is 4. The summed E-state index contributed by atoms with van der Waals surface area (Å²) in [5.74, 6) is 1.26. The highest BCUT2D eigenvalue weighted by molar-refractivity contribution is 9.10. The third kappa shape index (κ3) is 2.57. The molecule has 0 fully saturated rings. The van der Waals surface area contributed by atoms with Gasteiger partial charge in [-0.25, -0.2) is 4.98 Å². The molecular weight excluding hydrogens is 320 g/mol. The van der Waals surface area contributed by atoms with Gasteiger partial charge < -0.3 is 15.6 Å². The quantitative estimate of drug-likeness (QED) is 0.683. The van der Waals surface area contributed by atoms with E-state index < -0.39 is 0 Å². The van der Waals surface area contributed by atoms with Crippen molar-refractivity contribution in [2.45, 2.75) is 6.92 Å². The fourth-order valence-corrected chi connectivity index (χ4v) is 2.10. The van der Waals surface area contributed by atoms with Crippen molar-refractivity contribution < 1.29 is 0 Å². The molecule has 0 amide bonds. The molecule has 0 radical (unpaired) electrons. The van der Waals surface area contributed by atoms with Crippen LogP contribution >= 0.6 is 15.9 Å². The van der Waals surface area contributed by atoms with Crippen molar-refractivity contribution in [1.29, 1.82) is 0 Å². The van der Waals surface area contributed by atoms with Crippen molar-refractivity contribution >= 4 is 44.5 Å². The molecule has 1 aromatic carbocycles. The van der Waals surface area contributed by atoms with Crippen LogP contribution in [-0.2, 0) is 0 Å². The standard InChI is InChI=1S/C13H13BrN6/c1-2-15-13-19-11-10(16-7-17-11)12(20-13)18-9-5-3-8(14)4-6-9/h3-7H,2H2,1H3,(H3,15,16,17,18,19,20). The molecule has 0 atom stereocenters. The van der Waals surface area contributed by atoms with E-state index in [9.17, 15) is 0 Å². The first-order valence-corrected chi connectivity index (χ1v) is 7.03. The summed E-state index contributed by atoms with van der Waals surface area (Å²) < 4.78 is 1.03. The minimum absolute atomic E-state index is 0.562. The maximum Gasteiger partial charge on any atom is 0.226 e. The van der Waals surface area contributed by atoms with Crippen LogP contribution in [0.5, 0.6) is 0 Å². The summed E-state index contributed by atoms with van der Waals surface area (Å²) in [6.07, 6.45) is 1.61. The Labute approximate surface area is 124 Å². The van der Waals surface area contributed by atoms with Gasteiger partial charge in [-0.15, -0.1) is 0 Å². The van der Waals surface area contributed by atoms with E-state index in [0.717, 1.165) is 22.2 Å². The van der Waals surface area contributed by atoms with Gasteiger partial charge in [-0.2, -0.15) is 9.97 Å². The Morgan fingerprint density at radius 3 is 2.75 bits per heavy atom. The van der Waals surface area contributed by atoms with E-state index in [-0.39, 0.29) is 0 Å². The minimum Gasteiger partial charge on any atom is -0.354 e. The third-order valence-electron chi connectivity index (χ3n) is 2.73. The first kappa shape index (κ1) is 12.9. The largest absolute Gasteiger partial charge is 0.354 e. The highest BCUT2D eigenvalue weighted by atomic mass is 79.9. The van der Waals surface area contributed by atoms with E-state index in [2.05, 4.69) is 46.5 Å². The molecule has 3 aromatic rings. The van der Waals surface area contributed by atoms with Crippen LogP contribution in [0, 0.1) is 0 Å². The highest BCUT2D eigenvalue weighted by Gasteiger charge is 2.09. The molecule has 0 bridgehead atoms. The maximum atomic E-state index is 4.46. The molecule has 0 spiro atoms. The number of H-pyrrole nitrogens is 1. The van der Waals surface area contributed by atoms with E-state index in [0.29, 0.717) is 17.4 Å². The minimum atomic E-state index is 0.562. The Morgan fingerprint density at radius 1 is 1.20 bits per heavy atom. The number of anilines is 3. The van der Waals surface area contributed by atoms with Crippen molar-refractivity contribution in [2.75, 3.05) is 17.2 Å². The van der Waals surface area contributed by atoms with Crippen LogP contribution < -0.4 is 10.6 Å². The van der Waals surface area contributed by atoms with Crippen molar-refractivity contribution in [1.82, 2.24) is 19.9 Å². The summed E-state index contributed by atoms with van der Waals surface area (Å²) in [6.45, 7) is 2.76. The lowest BCUT2D eigenvalue weighted by molar-refractivity contribution is 1.10. The molecule has 3 rings (SSSR count). The number of nitrogens with zero attached hydrogens (tertiary/aromatic N) is 3. The van der Waals surface area contributed by atoms with Crippen LogP contribution in [0.3, 0.4) is 0 Å². The summed E-state index contributed by atoms with van der Waals surface area (Å²) in [7, 11) is 0. The molecule has 0 aliphatic carbocycles. The smallest absolute Gasteiger partial charge is 0.226 e. The monoisotopic (exact) mass is 332 g/mol. The van der Waals surface area contributed by atoms with Crippen LogP contribution in [-0.4, -0.2) is 26.5 Å². The van der Waals surface area contributed by atoms with Crippen LogP contribution in [0.1, 0.15) is 6.92 Å². The van der Waals surface area contributed by atoms with Crippen molar-refractivity contribution in [2.24, 2.45) is 0 Å². The van der Waals surface area contributed by atoms with E-state index >= 15 is 0 Å². The van der Waals surface area contributed by atoms with E-state index in [1.807, 2.05) is 31.2 Å². The van der Waals surface area contributed by atoms with Gasteiger partial charge in [0.25, 0.3) is 0 Å². The summed E-state index contributed by atoms with van der Waals surface area (Å²) in [5, 5.41) is 6.38. The van der Waals surface area contributed by atoms with Gasteiger partial charge in [-0.1, -0.05) is 15.9 Å². The van der Waals surface area contributed by atoms with Gasteiger partial charge in [0.05, 0.1) is 6.33 Å². The predicted octanol–water partition coefficient (Wildman–Crippen LogP) is 3.29. The molecule has 0 saturated carbocycles. The number of imidazole rings is 1. The second-order valence-electron chi connectivity index (χ2n) is 4.16. The van der Waals surface area contributed by atoms with Crippen LogP contribution in [0.15, 0.2) is 35.1 Å². The van der Waals surface area contributed by atoms with Gasteiger partial charge in [-0.05, 0) is 31.2 Å². The van der Waals surface area contributed by atoms with E-state index in [4.69, 9.17) is 0 Å². The number of nitrogens with one attached hydrogen (secondary N) is 3. The Bertz CT molecular complexity index is 721. The van der Waals surface area contributed by atoms with E-state index in [1.165, 1.54) is 0 Å². The molecule has 6 nitrogen and oxygen atoms in total. The van der Waals surface area contributed by atoms with Gasteiger partial charge in [0, 0.05) is 16.7 Å². The lowest BCUT2D eigenvalue weighted by atomic mass is 10.3. The molecule has 20 heavy (non-hydrogen) atoms. The second kappa shape index (κ2) is 5.46. The molecule has 0 unspecified atom stereocenters. The summed E-state index contributed by atoms with van der Waals surface area (Å²) >= 11 is 3.42. The molecule has 2 heterocycles. The molecule has 102 valence electrons. The summed E-state index contributed by atoms with van der Waals surface area (Å²) in [4.78, 5) is 16.0. The van der Waals surface area contributed by atoms with Crippen molar-refractivity contribution in [3.8, 4) is 0 Å². The molecule has 0 aliphatic rings. The van der Waals surface area contributed by atoms with Gasteiger partial charge in [0.2, 0.25) is 5.95 Å². The SMILES string of the molecule is CCNc1nc(Nc2ccc(Br)cc2)c2[nH]cnc2n1. The first-order valence-electron chi connectivity index (χ1n) is 6.24. The third-order valence-corrected chi connectivity index (χ3v) is 3.26. The zero-order valence-electron chi connectivity index (χ0n) is 10.8. The Morgan fingerprint density at radius 2 is 2.00 bits per heavy atom. The van der Waals surface area contributed by atoms with Crippen LogP contribution in [0.25, 0.3) is 11.2 Å². The zero-order valence-corrected chi connectivity index (χ0v) is 12.4. The van der Waals surface area contributed by atoms with Gasteiger partial charge in [0.1, 0.15) is 5.52 Å². The first-order chi connectivity index (χ1) is 9.76. The number of rotatable bonds is 4. The number of halogens is 1. The van der Waals surface area contributed by atoms with Gasteiger partial charge >= 0.3 is 0 Å². The maximum absolute atomic E-state index is 4.46. The highest BCUT2D eigenvalue weighted by Crippen LogP contribution is 2.23. The number of hydrogen-bond acceptors (Lipinski definition) is 5. The Hall–Kier alpha value is -2.15. The molecule has 7 heteroatoms. The molecular formula is C13H13BrN6. The van der Waals surface area contributed by atoms with Crippen molar-refractivity contribution in [3.05, 3.63) is 35.1 Å². The van der Waals surface area contributed by atoms with Crippen LogP contribution in [0.2, 0.25) is 0 Å². The molecule has 3 N–H and O–H groups in total.